The zero-order chi connectivity index (χ0) is 22.6. The number of aromatic nitrogens is 3. The van der Waals surface area contributed by atoms with E-state index >= 15 is 0 Å². The number of hydrogen-bond donors (Lipinski definition) is 0. The van der Waals surface area contributed by atoms with E-state index in [0.29, 0.717) is 22.8 Å². The lowest BCUT2D eigenvalue weighted by atomic mass is 10.0. The van der Waals surface area contributed by atoms with E-state index in [-0.39, 0.29) is 25.9 Å². The minimum atomic E-state index is -2.63. The van der Waals surface area contributed by atoms with Crippen LogP contribution >= 0.6 is 0 Å². The van der Waals surface area contributed by atoms with Crippen molar-refractivity contribution in [3.8, 4) is 0 Å². The quantitative estimate of drug-likeness (QED) is 0.546. The molecule has 1 atom stereocenters. The second-order valence-electron chi connectivity index (χ2n) is 9.12. The fourth-order valence-electron chi connectivity index (χ4n) is 3.73. The van der Waals surface area contributed by atoms with Crippen LogP contribution in [0.1, 0.15) is 51.7 Å². The van der Waals surface area contributed by atoms with Gasteiger partial charge in [0.15, 0.2) is 0 Å². The number of piperidine rings is 1. The Hall–Kier alpha value is -2.42. The molecule has 9 heteroatoms. The zero-order valence-electron chi connectivity index (χ0n) is 18.4. The first-order valence-corrected chi connectivity index (χ1v) is 11.4. The summed E-state index contributed by atoms with van der Waals surface area (Å²) in [7, 11) is -1.41. The van der Waals surface area contributed by atoms with Crippen molar-refractivity contribution >= 4 is 39.2 Å². The topological polar surface area (TPSA) is 62.9 Å². The maximum atomic E-state index is 13.7. The van der Waals surface area contributed by atoms with Gasteiger partial charge in [-0.1, -0.05) is 0 Å². The minimum absolute atomic E-state index is 0.200. The van der Waals surface area contributed by atoms with Gasteiger partial charge in [-0.2, -0.15) is 4.40 Å². The Morgan fingerprint density at radius 3 is 2.55 bits per heavy atom. The van der Waals surface area contributed by atoms with Gasteiger partial charge in [-0.15, -0.1) is 0 Å². The number of halogens is 2. The van der Waals surface area contributed by atoms with E-state index < -0.39 is 21.7 Å². The van der Waals surface area contributed by atoms with E-state index in [0.717, 1.165) is 16.5 Å². The molecule has 0 saturated carbocycles. The summed E-state index contributed by atoms with van der Waals surface area (Å²) in [6.45, 7) is 9.90. The monoisotopic (exact) mass is 447 g/mol. The third-order valence-electron chi connectivity index (χ3n) is 5.47. The van der Waals surface area contributed by atoms with Gasteiger partial charge in [-0.25, -0.2) is 23.0 Å². The van der Waals surface area contributed by atoms with Gasteiger partial charge in [0.2, 0.25) is 5.95 Å². The maximum Gasteiger partial charge on any atom is 0.251 e. The minimum Gasteiger partial charge on any atom is -0.341 e. The van der Waals surface area contributed by atoms with Crippen LogP contribution in [-0.4, -0.2) is 48.0 Å². The number of anilines is 1. The van der Waals surface area contributed by atoms with Gasteiger partial charge in [0, 0.05) is 49.3 Å². The average Bonchev–Trinajstić information content (AvgIpc) is 3.16. The third kappa shape index (κ3) is 4.20. The molecule has 1 fully saturated rings. The SMILES string of the molecule is CC(=N[S@](=O)C(C)(C)C)c1cc(C)cc2c1nc(N1CCC(F)(F)CC1)n1ccnc21. The molecule has 0 bridgehead atoms. The fraction of sp³-hybridized carbons (Fsp3) is 0.500. The van der Waals surface area contributed by atoms with Crippen LogP contribution in [0.4, 0.5) is 14.7 Å². The Balaban J connectivity index is 1.91. The van der Waals surface area contributed by atoms with Crippen LogP contribution in [0.15, 0.2) is 28.9 Å². The summed E-state index contributed by atoms with van der Waals surface area (Å²) < 4.78 is 45.9. The molecular weight excluding hydrogens is 420 g/mol. The van der Waals surface area contributed by atoms with E-state index in [1.54, 1.807) is 6.20 Å². The summed E-state index contributed by atoms with van der Waals surface area (Å²) in [6.07, 6.45) is 3.10. The van der Waals surface area contributed by atoms with Crippen LogP contribution in [0.2, 0.25) is 0 Å². The largest absolute Gasteiger partial charge is 0.341 e. The van der Waals surface area contributed by atoms with Crippen molar-refractivity contribution in [3.05, 3.63) is 35.7 Å². The van der Waals surface area contributed by atoms with Gasteiger partial charge < -0.3 is 4.90 Å². The van der Waals surface area contributed by atoms with Gasteiger partial charge in [0.25, 0.3) is 5.92 Å². The fourth-order valence-corrected chi connectivity index (χ4v) is 4.35. The summed E-state index contributed by atoms with van der Waals surface area (Å²) >= 11 is 0. The molecule has 1 saturated heterocycles. The second kappa shape index (κ2) is 7.62. The lowest BCUT2D eigenvalue weighted by Crippen LogP contribution is -2.40. The highest BCUT2D eigenvalue weighted by molar-refractivity contribution is 7.85. The maximum absolute atomic E-state index is 13.7. The standard InChI is InChI=1S/C22H27F2N5OS/c1-14-12-16(15(2)27-31(30)21(3,4)5)18-17(13-14)19-25-8-11-29(19)20(26-18)28-9-6-22(23,24)7-10-28/h8,11-13H,6-7,9-10H2,1-5H3/t31-/m1/s1. The molecular formula is C22H27F2N5OS. The van der Waals surface area contributed by atoms with Crippen LogP contribution in [0.25, 0.3) is 16.6 Å². The van der Waals surface area contributed by atoms with Crippen molar-refractivity contribution in [2.24, 2.45) is 4.40 Å². The van der Waals surface area contributed by atoms with E-state index in [1.807, 2.05) is 62.2 Å². The highest BCUT2D eigenvalue weighted by atomic mass is 32.2. The first-order chi connectivity index (χ1) is 14.5. The van der Waals surface area contributed by atoms with E-state index in [1.165, 1.54) is 0 Å². The Bertz CT molecular complexity index is 1200. The molecule has 1 aliphatic heterocycles. The molecule has 0 spiro atoms. The predicted octanol–water partition coefficient (Wildman–Crippen LogP) is 4.70. The third-order valence-corrected chi connectivity index (χ3v) is 6.96. The smallest absolute Gasteiger partial charge is 0.251 e. The molecule has 2 aromatic heterocycles. The highest BCUT2D eigenvalue weighted by Crippen LogP contribution is 2.32. The van der Waals surface area contributed by atoms with Crippen LogP contribution in [0, 0.1) is 6.92 Å². The normalized spacial score (nSPS) is 18.7. The van der Waals surface area contributed by atoms with Gasteiger partial charge in [0.1, 0.15) is 16.6 Å². The lowest BCUT2D eigenvalue weighted by Gasteiger charge is -2.32. The molecule has 1 aromatic carbocycles. The van der Waals surface area contributed by atoms with E-state index in [4.69, 9.17) is 4.98 Å². The summed E-state index contributed by atoms with van der Waals surface area (Å²) in [4.78, 5) is 11.3. The molecule has 1 aliphatic rings. The first-order valence-electron chi connectivity index (χ1n) is 10.3. The number of alkyl halides is 2. The van der Waals surface area contributed by atoms with Crippen molar-refractivity contribution in [3.63, 3.8) is 0 Å². The molecule has 4 rings (SSSR count). The predicted molar refractivity (Wildman–Crippen MR) is 122 cm³/mol. The molecule has 0 radical (unpaired) electrons. The number of rotatable bonds is 3. The van der Waals surface area contributed by atoms with Gasteiger partial charge in [-0.3, -0.25) is 4.40 Å². The van der Waals surface area contributed by atoms with Crippen LogP contribution in [0.5, 0.6) is 0 Å². The Kier molecular flexibility index (Phi) is 5.36. The zero-order valence-corrected chi connectivity index (χ0v) is 19.3. The van der Waals surface area contributed by atoms with Gasteiger partial charge in [-0.05, 0) is 52.3 Å². The van der Waals surface area contributed by atoms with Crippen LogP contribution < -0.4 is 4.90 Å². The Morgan fingerprint density at radius 1 is 1.23 bits per heavy atom. The molecule has 0 N–H and O–H groups in total. The number of aryl methyl sites for hydroxylation is 1. The summed E-state index contributed by atoms with van der Waals surface area (Å²) in [5.41, 5.74) is 3.81. The van der Waals surface area contributed by atoms with Crippen molar-refractivity contribution < 1.29 is 13.0 Å². The molecule has 166 valence electrons. The molecule has 0 amide bonds. The summed E-state index contributed by atoms with van der Waals surface area (Å²) in [5.74, 6) is -2.05. The summed E-state index contributed by atoms with van der Waals surface area (Å²) in [6, 6.07) is 3.98. The van der Waals surface area contributed by atoms with Crippen molar-refractivity contribution in [1.29, 1.82) is 0 Å². The number of benzene rings is 1. The molecule has 0 unspecified atom stereocenters. The lowest BCUT2D eigenvalue weighted by molar-refractivity contribution is -0.0222. The molecule has 3 heterocycles. The first kappa shape index (κ1) is 21.8. The Morgan fingerprint density at radius 2 is 1.90 bits per heavy atom. The van der Waals surface area contributed by atoms with Crippen molar-refractivity contribution in [2.75, 3.05) is 18.0 Å². The van der Waals surface area contributed by atoms with Crippen LogP contribution in [-0.2, 0) is 11.0 Å². The second-order valence-corrected chi connectivity index (χ2v) is 11.0. The highest BCUT2D eigenvalue weighted by Gasteiger charge is 2.35. The molecule has 0 aliphatic carbocycles. The van der Waals surface area contributed by atoms with E-state index in [2.05, 4.69) is 9.38 Å². The molecule has 6 nitrogen and oxygen atoms in total. The van der Waals surface area contributed by atoms with Gasteiger partial charge >= 0.3 is 0 Å². The summed E-state index contributed by atoms with van der Waals surface area (Å²) in [5, 5.41) is 0.849. The van der Waals surface area contributed by atoms with Crippen molar-refractivity contribution in [1.82, 2.24) is 14.4 Å². The number of fused-ring (bicyclic) bond motifs is 3. The number of hydrogen-bond acceptors (Lipinski definition) is 4. The Labute approximate surface area is 183 Å². The van der Waals surface area contributed by atoms with Gasteiger partial charge in [0.05, 0.1) is 16.0 Å². The van der Waals surface area contributed by atoms with Crippen LogP contribution in [0.3, 0.4) is 0 Å². The number of nitrogens with zero attached hydrogens (tertiary/aromatic N) is 5. The number of imidazole rings is 1. The molecule has 3 aromatic rings. The molecule has 31 heavy (non-hydrogen) atoms. The van der Waals surface area contributed by atoms with Crippen molar-refractivity contribution in [2.45, 2.75) is 58.1 Å². The average molecular weight is 448 g/mol. The van der Waals surface area contributed by atoms with E-state index in [9.17, 15) is 13.0 Å².